The van der Waals surface area contributed by atoms with Crippen molar-refractivity contribution in [3.05, 3.63) is 112 Å². The largest absolute Gasteiger partial charge is 1.00 e. The summed E-state index contributed by atoms with van der Waals surface area (Å²) < 4.78 is 1.46. The molecule has 0 amide bonds. The van der Waals surface area contributed by atoms with Crippen LogP contribution in [0.3, 0.4) is 0 Å². The third-order valence-corrected chi connectivity index (χ3v) is 8.72. The van der Waals surface area contributed by atoms with Gasteiger partial charge in [0.1, 0.15) is 0 Å². The monoisotopic (exact) mass is 704 g/mol. The van der Waals surface area contributed by atoms with E-state index < -0.39 is 0 Å². The molecule has 0 fully saturated rings. The molecule has 1 aliphatic carbocycles. The Kier molecular flexibility index (Phi) is 14.5. The van der Waals surface area contributed by atoms with E-state index >= 15 is 0 Å². The van der Waals surface area contributed by atoms with Crippen molar-refractivity contribution in [2.24, 2.45) is 11.3 Å². The van der Waals surface area contributed by atoms with Crippen LogP contribution in [0.4, 0.5) is 0 Å². The minimum absolute atomic E-state index is 0. The Labute approximate surface area is 296 Å². The summed E-state index contributed by atoms with van der Waals surface area (Å²) in [6.07, 6.45) is 7.65. The standard InChI is InChI=1S/C23H29.C10H15.C8H8.2ClH.Zr/c1-14-9-16-11-17-10-15(2)21(23(6,7)8)13-19(17)18(16)12-20(14)22(3,4)5;1-8-5-6-9(7-8)10(2,3)4;1-2-8-6-4-3-5-7-8;;;/h9-13H,1-8H3;6-8H,1-4H3;3-7H,1H3;2*1H;/q2*-1;;;;+2/p-2. The van der Waals surface area contributed by atoms with Gasteiger partial charge in [0.15, 0.2) is 0 Å². The van der Waals surface area contributed by atoms with Crippen LogP contribution in [0.5, 0.6) is 0 Å². The van der Waals surface area contributed by atoms with Gasteiger partial charge in [0.05, 0.1) is 0 Å². The smallest absolute Gasteiger partial charge is 0.0142 e. The third kappa shape index (κ3) is 10.4. The minimum atomic E-state index is 0. The second-order valence-electron chi connectivity index (χ2n) is 15.1. The summed E-state index contributed by atoms with van der Waals surface area (Å²) in [4.78, 5) is 0. The number of rotatable bonds is 1. The number of fused-ring (bicyclic) bond motifs is 3. The van der Waals surface area contributed by atoms with Crippen molar-refractivity contribution < 1.29 is 49.0 Å². The van der Waals surface area contributed by atoms with Crippen molar-refractivity contribution in [1.29, 1.82) is 0 Å². The Morgan fingerprint density at radius 2 is 1.14 bits per heavy atom. The molecule has 44 heavy (non-hydrogen) atoms. The molecular formula is C41H52Cl2Zr-2. The Morgan fingerprint density at radius 3 is 1.41 bits per heavy atom. The number of hydrogen-bond acceptors (Lipinski definition) is 0. The summed E-state index contributed by atoms with van der Waals surface area (Å²) in [7, 11) is 0. The van der Waals surface area contributed by atoms with Crippen LogP contribution >= 0.6 is 0 Å². The number of allylic oxidation sites excluding steroid dienone is 4. The van der Waals surface area contributed by atoms with Crippen LogP contribution in [0.15, 0.2) is 78.4 Å². The quantitative estimate of drug-likeness (QED) is 0.224. The molecule has 0 saturated carbocycles. The maximum Gasteiger partial charge on any atom is -0.0142 e. The SMILES string of the molecule is CC1[C-]=CC(C(C)(C)C)=C1.C[C](=[Zr+2])c1ccccc1.Cc1cc2[cH-]c3cc(C)c(C(C)(C)C)cc3c2cc1C(C)(C)C.[Cl-].[Cl-]. The molecule has 0 N–H and O–H groups in total. The predicted octanol–water partition coefficient (Wildman–Crippen LogP) is 5.67. The van der Waals surface area contributed by atoms with Crippen molar-refractivity contribution in [3.8, 4) is 0 Å². The zero-order valence-electron chi connectivity index (χ0n) is 29.3. The van der Waals surface area contributed by atoms with Crippen molar-refractivity contribution in [2.45, 2.75) is 101 Å². The molecule has 1 aliphatic rings. The maximum absolute atomic E-state index is 3.26. The molecule has 0 bridgehead atoms. The van der Waals surface area contributed by atoms with Crippen LogP contribution in [-0.4, -0.2) is 3.21 Å². The van der Waals surface area contributed by atoms with Gasteiger partial charge in [-0.25, -0.2) is 6.08 Å². The zero-order chi connectivity index (χ0) is 31.6. The van der Waals surface area contributed by atoms with E-state index in [-0.39, 0.29) is 35.6 Å². The molecule has 0 spiro atoms. The molecule has 4 aromatic carbocycles. The van der Waals surface area contributed by atoms with Crippen molar-refractivity contribution in [1.82, 2.24) is 0 Å². The van der Waals surface area contributed by atoms with Gasteiger partial charge in [0.2, 0.25) is 0 Å². The molecule has 1 unspecified atom stereocenters. The molecule has 0 aliphatic heterocycles. The van der Waals surface area contributed by atoms with E-state index in [1.54, 1.807) is 0 Å². The first kappa shape index (κ1) is 40.4. The number of benzene rings is 3. The molecule has 0 aromatic heterocycles. The first-order chi connectivity index (χ1) is 19.3. The average molecular weight is 707 g/mol. The average Bonchev–Trinajstić information content (AvgIpc) is 3.45. The molecule has 4 aromatic rings. The molecule has 0 nitrogen and oxygen atoms in total. The van der Waals surface area contributed by atoms with Gasteiger partial charge in [0.25, 0.3) is 0 Å². The number of halogens is 2. The fourth-order valence-corrected chi connectivity index (χ4v) is 6.10. The van der Waals surface area contributed by atoms with Crippen LogP contribution in [0, 0.1) is 31.3 Å². The summed E-state index contributed by atoms with van der Waals surface area (Å²) >= 11 is 1.51. The van der Waals surface area contributed by atoms with Crippen LogP contribution < -0.4 is 24.8 Å². The van der Waals surface area contributed by atoms with Gasteiger partial charge in [-0.1, -0.05) is 115 Å². The van der Waals surface area contributed by atoms with Crippen LogP contribution in [0.2, 0.25) is 0 Å². The first-order valence-electron chi connectivity index (χ1n) is 15.4. The van der Waals surface area contributed by atoms with E-state index in [1.165, 1.54) is 82.4 Å². The zero-order valence-corrected chi connectivity index (χ0v) is 33.2. The summed E-state index contributed by atoms with van der Waals surface area (Å²) in [5, 5.41) is 5.55. The maximum atomic E-state index is 3.26. The van der Waals surface area contributed by atoms with Gasteiger partial charge < -0.3 is 24.8 Å². The van der Waals surface area contributed by atoms with E-state index in [4.69, 9.17) is 0 Å². The molecule has 0 radical (unpaired) electrons. The van der Waals surface area contributed by atoms with Crippen LogP contribution in [-0.2, 0) is 35.1 Å². The molecule has 5 rings (SSSR count). The van der Waals surface area contributed by atoms with Gasteiger partial charge in [0, 0.05) is 0 Å². The van der Waals surface area contributed by atoms with Gasteiger partial charge in [-0.15, -0.1) is 39.7 Å². The van der Waals surface area contributed by atoms with E-state index in [9.17, 15) is 0 Å². The van der Waals surface area contributed by atoms with Gasteiger partial charge in [-0.3, -0.25) is 6.08 Å². The Bertz CT molecular complexity index is 1540. The minimum Gasteiger partial charge on any atom is -1.00 e. The van der Waals surface area contributed by atoms with Gasteiger partial charge in [-0.2, -0.15) is 11.6 Å². The molecule has 0 heterocycles. The number of aryl methyl sites for hydroxylation is 2. The van der Waals surface area contributed by atoms with E-state index in [2.05, 4.69) is 163 Å². The molecule has 0 saturated heterocycles. The Morgan fingerprint density at radius 1 is 0.705 bits per heavy atom. The van der Waals surface area contributed by atoms with Gasteiger partial charge in [-0.05, 0) is 24.7 Å². The van der Waals surface area contributed by atoms with Gasteiger partial charge >= 0.3 is 70.3 Å². The molecule has 236 valence electrons. The van der Waals surface area contributed by atoms with Crippen molar-refractivity contribution >= 4 is 24.8 Å². The van der Waals surface area contributed by atoms with E-state index in [1.807, 2.05) is 6.07 Å². The summed E-state index contributed by atoms with van der Waals surface area (Å²) in [6, 6.07) is 22.4. The van der Waals surface area contributed by atoms with Crippen molar-refractivity contribution in [3.63, 3.8) is 0 Å². The number of hydrogen-bond donors (Lipinski definition) is 0. The molecule has 3 heteroatoms. The van der Waals surface area contributed by atoms with Crippen molar-refractivity contribution in [2.75, 3.05) is 0 Å². The van der Waals surface area contributed by atoms with E-state index in [0.717, 1.165) is 0 Å². The molecular weight excluding hydrogens is 655 g/mol. The third-order valence-electron chi connectivity index (χ3n) is 8.01. The predicted molar refractivity (Wildman–Crippen MR) is 185 cm³/mol. The topological polar surface area (TPSA) is 0 Å². The second kappa shape index (κ2) is 15.8. The molecule has 1 atom stereocenters. The second-order valence-corrected chi connectivity index (χ2v) is 17.0. The summed E-state index contributed by atoms with van der Waals surface area (Å²) in [5.74, 6) is 0.522. The first-order valence-corrected chi connectivity index (χ1v) is 16.6. The fourth-order valence-electron chi connectivity index (χ4n) is 5.69. The Hall–Kier alpha value is -1.66. The normalized spacial score (nSPS) is 14.5. The van der Waals surface area contributed by atoms with Crippen LogP contribution in [0.1, 0.15) is 104 Å². The summed E-state index contributed by atoms with van der Waals surface area (Å²) in [5.41, 5.74) is 9.15. The van der Waals surface area contributed by atoms with E-state index in [0.29, 0.717) is 11.3 Å². The van der Waals surface area contributed by atoms with Crippen LogP contribution in [0.25, 0.3) is 21.5 Å². The summed E-state index contributed by atoms with van der Waals surface area (Å²) in [6.45, 7) is 29.3. The fraction of sp³-hybridized carbons (Fsp3) is 0.415. The Balaban J connectivity index is 0.000000383.